The van der Waals surface area contributed by atoms with E-state index in [0.717, 1.165) is 16.6 Å². The molecule has 2 rings (SSSR count). The monoisotopic (exact) mass is 199 g/mol. The van der Waals surface area contributed by atoms with Crippen LogP contribution >= 0.6 is 0 Å². The van der Waals surface area contributed by atoms with Gasteiger partial charge in [-0.2, -0.15) is 5.10 Å². The van der Waals surface area contributed by atoms with E-state index in [0.29, 0.717) is 0 Å². The zero-order valence-electron chi connectivity index (χ0n) is 8.86. The smallest absolute Gasteiger partial charge is 0.114 e. The molecule has 2 aromatic rings. The molecular formula is C12H13N3. The maximum absolute atomic E-state index is 5.45. The quantitative estimate of drug-likeness (QED) is 0.742. The highest BCUT2D eigenvalue weighted by Gasteiger charge is 2.14. The summed E-state index contributed by atoms with van der Waals surface area (Å²) < 4.78 is 1.85. The van der Waals surface area contributed by atoms with Gasteiger partial charge in [-0.25, -0.2) is 0 Å². The Hall–Kier alpha value is -1.79. The third-order valence-electron chi connectivity index (χ3n) is 2.52. The number of aryl methyl sites for hydroxylation is 1. The second-order valence-corrected chi connectivity index (χ2v) is 3.41. The second-order valence-electron chi connectivity index (χ2n) is 3.41. The van der Waals surface area contributed by atoms with Crippen molar-refractivity contribution in [1.82, 2.24) is 15.1 Å². The van der Waals surface area contributed by atoms with Gasteiger partial charge in [0.15, 0.2) is 0 Å². The maximum atomic E-state index is 5.45. The lowest BCUT2D eigenvalue weighted by molar-refractivity contribution is 0.680. The fourth-order valence-corrected chi connectivity index (χ4v) is 1.75. The van der Waals surface area contributed by atoms with Gasteiger partial charge in [0.1, 0.15) is 6.04 Å². The zero-order chi connectivity index (χ0) is 10.8. The van der Waals surface area contributed by atoms with Gasteiger partial charge in [0.2, 0.25) is 0 Å². The number of aromatic nitrogens is 2. The summed E-state index contributed by atoms with van der Waals surface area (Å²) in [4.78, 5) is 0. The highest BCUT2D eigenvalue weighted by atomic mass is 15.3. The van der Waals surface area contributed by atoms with Crippen LogP contribution in [0.3, 0.4) is 0 Å². The average molecular weight is 199 g/mol. The van der Waals surface area contributed by atoms with Crippen molar-refractivity contribution < 1.29 is 0 Å². The Morgan fingerprint density at radius 3 is 2.87 bits per heavy atom. The molecule has 0 aliphatic rings. The van der Waals surface area contributed by atoms with Crippen molar-refractivity contribution in [1.29, 1.82) is 0 Å². The minimum atomic E-state index is -0.129. The highest BCUT2D eigenvalue weighted by molar-refractivity contribution is 5.82. The van der Waals surface area contributed by atoms with Crippen LogP contribution in [0.5, 0.6) is 0 Å². The normalized spacial score (nSPS) is 12.6. The molecule has 1 unspecified atom stereocenters. The van der Waals surface area contributed by atoms with Crippen LogP contribution in [0.4, 0.5) is 0 Å². The van der Waals surface area contributed by atoms with Gasteiger partial charge in [-0.05, 0) is 13.1 Å². The molecule has 1 aromatic heterocycles. The number of hydrogen-bond acceptors (Lipinski definition) is 2. The minimum absolute atomic E-state index is 0.129. The summed E-state index contributed by atoms with van der Waals surface area (Å²) >= 11 is 0. The molecule has 1 aromatic carbocycles. The van der Waals surface area contributed by atoms with Gasteiger partial charge in [0.05, 0.1) is 11.2 Å². The van der Waals surface area contributed by atoms with Gasteiger partial charge in [-0.1, -0.05) is 24.1 Å². The maximum Gasteiger partial charge on any atom is 0.114 e. The zero-order valence-corrected chi connectivity index (χ0v) is 8.86. The van der Waals surface area contributed by atoms with Crippen molar-refractivity contribution in [2.24, 2.45) is 7.05 Å². The Morgan fingerprint density at radius 1 is 1.47 bits per heavy atom. The van der Waals surface area contributed by atoms with Crippen molar-refractivity contribution in [3.05, 3.63) is 30.0 Å². The van der Waals surface area contributed by atoms with Crippen LogP contribution in [0, 0.1) is 12.3 Å². The predicted octanol–water partition coefficient (Wildman–Crippen LogP) is 1.47. The second kappa shape index (κ2) is 3.76. The molecule has 1 heterocycles. The molecular weight excluding hydrogens is 186 g/mol. The van der Waals surface area contributed by atoms with Crippen LogP contribution in [-0.2, 0) is 7.05 Å². The first-order valence-corrected chi connectivity index (χ1v) is 4.83. The molecule has 0 saturated carbocycles. The van der Waals surface area contributed by atoms with E-state index in [9.17, 15) is 0 Å². The number of nitrogens with zero attached hydrogens (tertiary/aromatic N) is 2. The molecule has 1 atom stereocenters. The van der Waals surface area contributed by atoms with Crippen LogP contribution in [0.1, 0.15) is 11.7 Å². The lowest BCUT2D eigenvalue weighted by atomic mass is 10.1. The molecule has 0 aliphatic heterocycles. The number of benzene rings is 1. The minimum Gasteiger partial charge on any atom is -0.302 e. The van der Waals surface area contributed by atoms with Gasteiger partial charge in [-0.3, -0.25) is 4.68 Å². The molecule has 0 saturated heterocycles. The van der Waals surface area contributed by atoms with E-state index in [4.69, 9.17) is 6.42 Å². The van der Waals surface area contributed by atoms with Crippen LogP contribution in [0.15, 0.2) is 24.3 Å². The largest absolute Gasteiger partial charge is 0.302 e. The molecule has 15 heavy (non-hydrogen) atoms. The number of fused-ring (bicyclic) bond motifs is 1. The van der Waals surface area contributed by atoms with Crippen molar-refractivity contribution >= 4 is 10.9 Å². The Labute approximate surface area is 89.1 Å². The number of para-hydroxylation sites is 1. The SMILES string of the molecule is C#CC(NC)c1nn(C)c2ccccc12. The molecule has 1 N–H and O–H groups in total. The molecule has 0 amide bonds. The molecule has 3 heteroatoms. The van der Waals surface area contributed by atoms with E-state index in [1.807, 2.05) is 43.0 Å². The van der Waals surface area contributed by atoms with E-state index in [2.05, 4.69) is 16.3 Å². The number of hydrogen-bond donors (Lipinski definition) is 1. The van der Waals surface area contributed by atoms with Crippen molar-refractivity contribution in [2.45, 2.75) is 6.04 Å². The van der Waals surface area contributed by atoms with Gasteiger partial charge in [0, 0.05) is 12.4 Å². The summed E-state index contributed by atoms with van der Waals surface area (Å²) in [6.45, 7) is 0. The van der Waals surface area contributed by atoms with E-state index in [1.54, 1.807) is 0 Å². The molecule has 0 aliphatic carbocycles. The van der Waals surface area contributed by atoms with Gasteiger partial charge in [-0.15, -0.1) is 6.42 Å². The molecule has 3 nitrogen and oxygen atoms in total. The average Bonchev–Trinajstić information content (AvgIpc) is 2.60. The van der Waals surface area contributed by atoms with E-state index < -0.39 is 0 Å². The summed E-state index contributed by atoms with van der Waals surface area (Å²) in [7, 11) is 3.77. The van der Waals surface area contributed by atoms with E-state index in [-0.39, 0.29) is 6.04 Å². The Morgan fingerprint density at radius 2 is 2.20 bits per heavy atom. The number of rotatable bonds is 2. The molecule has 0 bridgehead atoms. The topological polar surface area (TPSA) is 29.9 Å². The third kappa shape index (κ3) is 1.49. The highest BCUT2D eigenvalue weighted by Crippen LogP contribution is 2.22. The fourth-order valence-electron chi connectivity index (χ4n) is 1.75. The lowest BCUT2D eigenvalue weighted by Crippen LogP contribution is -2.15. The van der Waals surface area contributed by atoms with Crippen molar-refractivity contribution in [3.8, 4) is 12.3 Å². The van der Waals surface area contributed by atoms with Gasteiger partial charge >= 0.3 is 0 Å². The standard InChI is InChI=1S/C12H13N3/c1-4-10(13-2)12-9-7-5-6-8-11(9)15(3)14-12/h1,5-8,10,13H,2-3H3. The summed E-state index contributed by atoms with van der Waals surface area (Å²) in [5.74, 6) is 2.69. The van der Waals surface area contributed by atoms with Crippen molar-refractivity contribution in [2.75, 3.05) is 7.05 Å². The van der Waals surface area contributed by atoms with Gasteiger partial charge in [0.25, 0.3) is 0 Å². The number of nitrogens with one attached hydrogen (secondary N) is 1. The lowest BCUT2D eigenvalue weighted by Gasteiger charge is -2.05. The molecule has 76 valence electrons. The first-order valence-electron chi connectivity index (χ1n) is 4.83. The Kier molecular flexibility index (Phi) is 2.44. The van der Waals surface area contributed by atoms with Gasteiger partial charge < -0.3 is 5.32 Å². The Bertz CT molecular complexity index is 519. The van der Waals surface area contributed by atoms with Crippen LogP contribution in [0.2, 0.25) is 0 Å². The van der Waals surface area contributed by atoms with E-state index in [1.165, 1.54) is 0 Å². The predicted molar refractivity (Wildman–Crippen MR) is 61.3 cm³/mol. The summed E-state index contributed by atoms with van der Waals surface area (Å²) in [6, 6.07) is 7.94. The summed E-state index contributed by atoms with van der Waals surface area (Å²) in [5.41, 5.74) is 2.01. The van der Waals surface area contributed by atoms with E-state index >= 15 is 0 Å². The molecule has 0 radical (unpaired) electrons. The fraction of sp³-hybridized carbons (Fsp3) is 0.250. The third-order valence-corrected chi connectivity index (χ3v) is 2.52. The Balaban J connectivity index is 2.67. The summed E-state index contributed by atoms with van der Waals surface area (Å²) in [5, 5.41) is 8.61. The molecule has 0 spiro atoms. The summed E-state index contributed by atoms with van der Waals surface area (Å²) in [6.07, 6.45) is 5.45. The van der Waals surface area contributed by atoms with Crippen LogP contribution < -0.4 is 5.32 Å². The molecule has 0 fully saturated rings. The van der Waals surface area contributed by atoms with Crippen LogP contribution in [0.25, 0.3) is 10.9 Å². The first kappa shape index (κ1) is 9.75. The number of terminal acetylenes is 1. The van der Waals surface area contributed by atoms with Crippen LogP contribution in [-0.4, -0.2) is 16.8 Å². The first-order chi connectivity index (χ1) is 7.27. The van der Waals surface area contributed by atoms with Crippen molar-refractivity contribution in [3.63, 3.8) is 0 Å².